The number of carbonyl (C=O) groups is 2. The minimum atomic E-state index is -1.55. The van der Waals surface area contributed by atoms with Gasteiger partial charge in [0.15, 0.2) is 5.92 Å². The number of carbonyl (C=O) groups excluding carboxylic acids is 1. The molecule has 0 saturated carbocycles. The third kappa shape index (κ3) is 3.78. The van der Waals surface area contributed by atoms with E-state index in [0.717, 1.165) is 22.3 Å². The quantitative estimate of drug-likeness (QED) is 0.449. The average Bonchev–Trinajstić information content (AvgIpc) is 3.11. The van der Waals surface area contributed by atoms with Gasteiger partial charge in [-0.05, 0) is 28.3 Å². The van der Waals surface area contributed by atoms with E-state index in [1.807, 2.05) is 48.5 Å². The van der Waals surface area contributed by atoms with Crippen molar-refractivity contribution < 1.29 is 24.2 Å². The van der Waals surface area contributed by atoms with Crippen LogP contribution in [0.5, 0.6) is 5.75 Å². The van der Waals surface area contributed by atoms with E-state index in [4.69, 9.17) is 15.2 Å². The molecule has 2 unspecified atom stereocenters. The van der Waals surface area contributed by atoms with Gasteiger partial charge in [0.1, 0.15) is 12.4 Å². The molecule has 0 aliphatic heterocycles. The summed E-state index contributed by atoms with van der Waals surface area (Å²) in [5.74, 6) is -3.49. The summed E-state index contributed by atoms with van der Waals surface area (Å²) in [4.78, 5) is 24.8. The van der Waals surface area contributed by atoms with Crippen molar-refractivity contribution in [1.82, 2.24) is 0 Å². The molecule has 0 aromatic heterocycles. The number of fused-ring (bicyclic) bond motifs is 3. The first-order valence-electron chi connectivity index (χ1n) is 9.99. The lowest BCUT2D eigenvalue weighted by molar-refractivity contribution is -0.160. The van der Waals surface area contributed by atoms with E-state index in [9.17, 15) is 14.7 Å². The lowest BCUT2D eigenvalue weighted by Gasteiger charge is -2.22. The first kappa shape index (κ1) is 20.6. The number of rotatable bonds is 7. The fourth-order valence-corrected chi connectivity index (χ4v) is 4.22. The Bertz CT molecular complexity index is 1080. The molecule has 0 saturated heterocycles. The van der Waals surface area contributed by atoms with Gasteiger partial charge in [-0.3, -0.25) is 9.59 Å². The number of carboxylic acids is 1. The van der Waals surface area contributed by atoms with Crippen molar-refractivity contribution in [3.05, 3.63) is 89.5 Å². The van der Waals surface area contributed by atoms with Crippen molar-refractivity contribution in [2.45, 2.75) is 12.0 Å². The highest BCUT2D eigenvalue weighted by molar-refractivity contribution is 5.95. The molecule has 4 rings (SSSR count). The summed E-state index contributed by atoms with van der Waals surface area (Å²) in [7, 11) is 1.47. The molecule has 1 aliphatic carbocycles. The number of hydrogen-bond acceptors (Lipinski definition) is 5. The van der Waals surface area contributed by atoms with Gasteiger partial charge < -0.3 is 20.3 Å². The zero-order valence-corrected chi connectivity index (χ0v) is 17.0. The van der Waals surface area contributed by atoms with Gasteiger partial charge in [0.05, 0.1) is 13.2 Å². The smallest absolute Gasteiger partial charge is 0.322 e. The van der Waals surface area contributed by atoms with Gasteiger partial charge >= 0.3 is 11.9 Å². The Kier molecular flexibility index (Phi) is 5.73. The van der Waals surface area contributed by atoms with Crippen LogP contribution in [0, 0.1) is 5.92 Å². The van der Waals surface area contributed by atoms with Gasteiger partial charge in [-0.25, -0.2) is 0 Å². The topological polar surface area (TPSA) is 98.9 Å². The molecule has 3 aromatic rings. The molecule has 1 aliphatic rings. The van der Waals surface area contributed by atoms with Crippen molar-refractivity contribution >= 4 is 11.9 Å². The van der Waals surface area contributed by atoms with Gasteiger partial charge in [0.25, 0.3) is 0 Å². The van der Waals surface area contributed by atoms with Crippen LogP contribution in [0.3, 0.4) is 0 Å². The summed E-state index contributed by atoms with van der Waals surface area (Å²) in [6, 6.07) is 21.6. The molecule has 0 amide bonds. The number of para-hydroxylation sites is 1. The highest BCUT2D eigenvalue weighted by Crippen LogP contribution is 2.44. The van der Waals surface area contributed by atoms with E-state index in [2.05, 4.69) is 0 Å². The largest absolute Gasteiger partial charge is 0.496 e. The van der Waals surface area contributed by atoms with Gasteiger partial charge in [-0.2, -0.15) is 0 Å². The van der Waals surface area contributed by atoms with Gasteiger partial charge in [0.2, 0.25) is 0 Å². The molecule has 2 atom stereocenters. The Morgan fingerprint density at radius 2 is 1.48 bits per heavy atom. The second kappa shape index (κ2) is 8.62. The summed E-state index contributed by atoms with van der Waals surface area (Å²) < 4.78 is 10.8. The van der Waals surface area contributed by atoms with Crippen molar-refractivity contribution in [2.75, 3.05) is 13.7 Å². The van der Waals surface area contributed by atoms with Crippen molar-refractivity contribution in [3.63, 3.8) is 0 Å². The molecule has 31 heavy (non-hydrogen) atoms. The summed E-state index contributed by atoms with van der Waals surface area (Å²) in [6.45, 7) is 0.0370. The number of methoxy groups -OCH3 is 1. The highest BCUT2D eigenvalue weighted by Gasteiger charge is 2.38. The van der Waals surface area contributed by atoms with Crippen LogP contribution in [0.25, 0.3) is 11.1 Å². The second-order valence-corrected chi connectivity index (χ2v) is 7.44. The molecule has 0 heterocycles. The summed E-state index contributed by atoms with van der Waals surface area (Å²) in [5.41, 5.74) is 10.9. The average molecular weight is 417 g/mol. The van der Waals surface area contributed by atoms with Crippen LogP contribution < -0.4 is 10.5 Å². The van der Waals surface area contributed by atoms with Crippen LogP contribution in [-0.4, -0.2) is 30.8 Å². The Hall–Kier alpha value is -3.64. The molecule has 158 valence electrons. The number of ether oxygens (including phenoxy) is 2. The van der Waals surface area contributed by atoms with Crippen LogP contribution in [-0.2, 0) is 14.3 Å². The minimum Gasteiger partial charge on any atom is -0.496 e. The number of benzene rings is 3. The van der Waals surface area contributed by atoms with E-state index in [0.29, 0.717) is 11.3 Å². The molecule has 0 fully saturated rings. The van der Waals surface area contributed by atoms with E-state index in [1.54, 1.807) is 24.3 Å². The fourth-order valence-electron chi connectivity index (χ4n) is 4.22. The monoisotopic (exact) mass is 417 g/mol. The van der Waals surface area contributed by atoms with Crippen LogP contribution in [0.1, 0.15) is 28.7 Å². The predicted octanol–water partition coefficient (Wildman–Crippen LogP) is 3.75. The highest BCUT2D eigenvalue weighted by atomic mass is 16.5. The molecular weight excluding hydrogens is 394 g/mol. The van der Waals surface area contributed by atoms with Crippen molar-refractivity contribution in [3.8, 4) is 16.9 Å². The molecule has 3 N–H and O–H groups in total. The summed E-state index contributed by atoms with van der Waals surface area (Å²) >= 11 is 0. The number of carboxylic acid groups (broad SMARTS) is 1. The number of nitrogens with two attached hydrogens (primary N) is 1. The molecule has 0 spiro atoms. The van der Waals surface area contributed by atoms with E-state index < -0.39 is 23.9 Å². The Labute approximate surface area is 180 Å². The third-order valence-electron chi connectivity index (χ3n) is 5.73. The maximum atomic E-state index is 12.9. The maximum Gasteiger partial charge on any atom is 0.322 e. The zero-order valence-electron chi connectivity index (χ0n) is 17.0. The van der Waals surface area contributed by atoms with Crippen LogP contribution >= 0.6 is 0 Å². The predicted molar refractivity (Wildman–Crippen MR) is 116 cm³/mol. The molecule has 0 radical (unpaired) electrons. The lowest BCUT2D eigenvalue weighted by Crippen LogP contribution is -2.36. The zero-order chi connectivity index (χ0) is 22.0. The molecule has 6 nitrogen and oxygen atoms in total. The Morgan fingerprint density at radius 3 is 2.06 bits per heavy atom. The van der Waals surface area contributed by atoms with Crippen LogP contribution in [0.15, 0.2) is 72.8 Å². The van der Waals surface area contributed by atoms with E-state index in [-0.39, 0.29) is 12.5 Å². The lowest BCUT2D eigenvalue weighted by atomic mass is 9.93. The van der Waals surface area contributed by atoms with Crippen molar-refractivity contribution in [2.24, 2.45) is 11.7 Å². The maximum absolute atomic E-state index is 12.9. The number of esters is 1. The van der Waals surface area contributed by atoms with Gasteiger partial charge in [-0.15, -0.1) is 0 Å². The SMILES string of the molecule is COc1ccccc1C(N)C(C(=O)O)C(=O)OCC1c2ccccc2-c2ccccc21. The van der Waals surface area contributed by atoms with Crippen LogP contribution in [0.2, 0.25) is 0 Å². The second-order valence-electron chi connectivity index (χ2n) is 7.44. The van der Waals surface area contributed by atoms with Crippen molar-refractivity contribution in [1.29, 1.82) is 0 Å². The molecule has 0 bridgehead atoms. The standard InChI is InChI=1S/C25H23NO5/c1-30-21-13-7-6-12-19(21)23(26)22(24(27)28)25(29)31-14-20-17-10-4-2-8-15(17)16-9-3-5-11-18(16)20/h2-13,20,22-23H,14,26H2,1H3,(H,27,28). The Balaban J connectivity index is 1.56. The van der Waals surface area contributed by atoms with Gasteiger partial charge in [-0.1, -0.05) is 66.7 Å². The first-order valence-corrected chi connectivity index (χ1v) is 9.99. The van der Waals surface area contributed by atoms with E-state index in [1.165, 1.54) is 7.11 Å². The van der Waals surface area contributed by atoms with Crippen LogP contribution in [0.4, 0.5) is 0 Å². The molecular formula is C25H23NO5. The van der Waals surface area contributed by atoms with E-state index >= 15 is 0 Å². The number of aliphatic carboxylic acids is 1. The molecule has 6 heteroatoms. The third-order valence-corrected chi connectivity index (χ3v) is 5.73. The normalized spacial score (nSPS) is 14.3. The summed E-state index contributed by atoms with van der Waals surface area (Å²) in [5, 5.41) is 9.72. The minimum absolute atomic E-state index is 0.0370. The molecule has 3 aromatic carbocycles. The fraction of sp³-hybridized carbons (Fsp3) is 0.200. The first-order chi connectivity index (χ1) is 15.0. The van der Waals surface area contributed by atoms with Gasteiger partial charge in [0, 0.05) is 11.5 Å². The number of hydrogen-bond donors (Lipinski definition) is 2. The Morgan fingerprint density at radius 1 is 0.935 bits per heavy atom. The summed E-state index contributed by atoms with van der Waals surface area (Å²) in [6.07, 6.45) is 0.